The van der Waals surface area contributed by atoms with E-state index in [9.17, 15) is 9.59 Å². The number of nitrogens with one attached hydrogen (secondary N) is 1. The van der Waals surface area contributed by atoms with Crippen molar-refractivity contribution >= 4 is 11.8 Å². The predicted octanol–water partition coefficient (Wildman–Crippen LogP) is 0.864. The van der Waals surface area contributed by atoms with Crippen LogP contribution in [0.3, 0.4) is 0 Å². The molecule has 1 aromatic carbocycles. The SMILES string of the molecule is NC(=O)Cn1ccnc1[C@H]1CCCN(CC(=O)NCc2ccccc2)C1. The second-order valence-corrected chi connectivity index (χ2v) is 6.72. The monoisotopic (exact) mass is 355 g/mol. The van der Waals surface area contributed by atoms with Crippen LogP contribution in [0, 0.1) is 0 Å². The highest BCUT2D eigenvalue weighted by Crippen LogP contribution is 2.25. The molecule has 1 fully saturated rings. The van der Waals surface area contributed by atoms with Crippen LogP contribution < -0.4 is 11.1 Å². The maximum atomic E-state index is 12.3. The molecule has 0 saturated carbocycles. The van der Waals surface area contributed by atoms with Gasteiger partial charge in [0.25, 0.3) is 0 Å². The Kier molecular flexibility index (Phi) is 6.01. The van der Waals surface area contributed by atoms with Gasteiger partial charge in [-0.1, -0.05) is 30.3 Å². The van der Waals surface area contributed by atoms with Gasteiger partial charge in [0.1, 0.15) is 12.4 Å². The van der Waals surface area contributed by atoms with Crippen molar-refractivity contribution in [1.82, 2.24) is 19.8 Å². The number of carbonyl (C=O) groups excluding carboxylic acids is 2. The van der Waals surface area contributed by atoms with Crippen molar-refractivity contribution in [2.45, 2.75) is 31.8 Å². The normalized spacial score (nSPS) is 17.8. The summed E-state index contributed by atoms with van der Waals surface area (Å²) in [7, 11) is 0. The third kappa shape index (κ3) is 4.92. The fourth-order valence-electron chi connectivity index (χ4n) is 3.45. The van der Waals surface area contributed by atoms with Gasteiger partial charge in [0.2, 0.25) is 11.8 Å². The molecule has 0 bridgehead atoms. The zero-order chi connectivity index (χ0) is 18.4. The van der Waals surface area contributed by atoms with E-state index < -0.39 is 0 Å². The van der Waals surface area contributed by atoms with Crippen LogP contribution in [-0.4, -0.2) is 45.9 Å². The van der Waals surface area contributed by atoms with Crippen molar-refractivity contribution in [1.29, 1.82) is 0 Å². The molecule has 3 rings (SSSR count). The zero-order valence-electron chi connectivity index (χ0n) is 14.8. The third-order valence-corrected chi connectivity index (χ3v) is 4.64. The molecule has 1 aliphatic rings. The van der Waals surface area contributed by atoms with Gasteiger partial charge < -0.3 is 15.6 Å². The first-order chi connectivity index (χ1) is 12.6. The second-order valence-electron chi connectivity index (χ2n) is 6.72. The summed E-state index contributed by atoms with van der Waals surface area (Å²) in [5.41, 5.74) is 6.39. The number of benzene rings is 1. The highest BCUT2D eigenvalue weighted by Gasteiger charge is 2.26. The van der Waals surface area contributed by atoms with E-state index in [-0.39, 0.29) is 24.3 Å². The number of aromatic nitrogens is 2. The lowest BCUT2D eigenvalue weighted by atomic mass is 9.97. The summed E-state index contributed by atoms with van der Waals surface area (Å²) in [4.78, 5) is 30.0. The van der Waals surface area contributed by atoms with Crippen LogP contribution in [0.25, 0.3) is 0 Å². The molecule has 3 N–H and O–H groups in total. The van der Waals surface area contributed by atoms with Gasteiger partial charge in [-0.3, -0.25) is 14.5 Å². The van der Waals surface area contributed by atoms with Crippen LogP contribution in [0.5, 0.6) is 0 Å². The summed E-state index contributed by atoms with van der Waals surface area (Å²) in [6.45, 7) is 2.71. The minimum absolute atomic E-state index is 0.0231. The topological polar surface area (TPSA) is 93.2 Å². The van der Waals surface area contributed by atoms with Crippen molar-refractivity contribution < 1.29 is 9.59 Å². The molecular weight excluding hydrogens is 330 g/mol. The number of rotatable bonds is 7. The third-order valence-electron chi connectivity index (χ3n) is 4.64. The molecule has 1 atom stereocenters. The number of hydrogen-bond acceptors (Lipinski definition) is 4. The Morgan fingerprint density at radius 3 is 2.81 bits per heavy atom. The summed E-state index contributed by atoms with van der Waals surface area (Å²) in [5.74, 6) is 0.727. The summed E-state index contributed by atoms with van der Waals surface area (Å²) in [6.07, 6.45) is 5.48. The maximum Gasteiger partial charge on any atom is 0.237 e. The molecular formula is C19H25N5O2. The summed E-state index contributed by atoms with van der Waals surface area (Å²) < 4.78 is 1.81. The van der Waals surface area contributed by atoms with Gasteiger partial charge in [0, 0.05) is 31.4 Å². The lowest BCUT2D eigenvalue weighted by Crippen LogP contribution is -2.42. The maximum absolute atomic E-state index is 12.3. The van der Waals surface area contributed by atoms with Crippen LogP contribution in [-0.2, 0) is 22.7 Å². The average molecular weight is 355 g/mol. The first-order valence-corrected chi connectivity index (χ1v) is 8.94. The van der Waals surface area contributed by atoms with Gasteiger partial charge in [-0.2, -0.15) is 0 Å². The van der Waals surface area contributed by atoms with E-state index in [0.717, 1.165) is 37.3 Å². The number of hydrogen-bond donors (Lipinski definition) is 2. The number of likely N-dealkylation sites (tertiary alicyclic amines) is 1. The highest BCUT2D eigenvalue weighted by atomic mass is 16.2. The molecule has 138 valence electrons. The van der Waals surface area contributed by atoms with Crippen LogP contribution in [0.1, 0.15) is 30.1 Å². The fraction of sp³-hybridized carbons (Fsp3) is 0.421. The van der Waals surface area contributed by atoms with Gasteiger partial charge >= 0.3 is 0 Å². The Morgan fingerprint density at radius 2 is 2.04 bits per heavy atom. The van der Waals surface area contributed by atoms with Gasteiger partial charge in [-0.15, -0.1) is 0 Å². The van der Waals surface area contributed by atoms with E-state index in [1.807, 2.05) is 34.9 Å². The second kappa shape index (κ2) is 8.62. The molecule has 0 radical (unpaired) electrons. The van der Waals surface area contributed by atoms with E-state index in [1.165, 1.54) is 0 Å². The quantitative estimate of drug-likeness (QED) is 0.770. The number of piperidine rings is 1. The molecule has 26 heavy (non-hydrogen) atoms. The van der Waals surface area contributed by atoms with Gasteiger partial charge in [-0.05, 0) is 24.9 Å². The minimum atomic E-state index is -0.378. The average Bonchev–Trinajstić information content (AvgIpc) is 3.08. The van der Waals surface area contributed by atoms with Crippen molar-refractivity contribution in [2.24, 2.45) is 5.73 Å². The van der Waals surface area contributed by atoms with Crippen molar-refractivity contribution in [3.63, 3.8) is 0 Å². The first kappa shape index (κ1) is 18.1. The Morgan fingerprint density at radius 1 is 1.23 bits per heavy atom. The molecule has 7 heteroatoms. The molecule has 7 nitrogen and oxygen atoms in total. The number of primary amides is 1. The molecule has 0 unspecified atom stereocenters. The predicted molar refractivity (Wildman–Crippen MR) is 98.1 cm³/mol. The van der Waals surface area contributed by atoms with Crippen molar-refractivity contribution in [3.8, 4) is 0 Å². The van der Waals surface area contributed by atoms with E-state index in [1.54, 1.807) is 12.4 Å². The molecule has 2 aromatic rings. The van der Waals surface area contributed by atoms with E-state index in [4.69, 9.17) is 5.73 Å². The van der Waals surface area contributed by atoms with Crippen molar-refractivity contribution in [3.05, 3.63) is 54.1 Å². The largest absolute Gasteiger partial charge is 0.368 e. The molecule has 1 aromatic heterocycles. The summed E-state index contributed by atoms with van der Waals surface area (Å²) in [6, 6.07) is 9.88. The molecule has 1 saturated heterocycles. The Hall–Kier alpha value is -2.67. The number of nitrogens with two attached hydrogens (primary N) is 1. The molecule has 0 spiro atoms. The zero-order valence-corrected chi connectivity index (χ0v) is 14.8. The number of carbonyl (C=O) groups is 2. The van der Waals surface area contributed by atoms with Gasteiger partial charge in [0.05, 0.1) is 6.54 Å². The van der Waals surface area contributed by atoms with Crippen LogP contribution in [0.2, 0.25) is 0 Å². The van der Waals surface area contributed by atoms with Gasteiger partial charge in [0.15, 0.2) is 0 Å². The van der Waals surface area contributed by atoms with Crippen molar-refractivity contribution in [2.75, 3.05) is 19.6 Å². The van der Waals surface area contributed by atoms with Gasteiger partial charge in [-0.25, -0.2) is 4.98 Å². The van der Waals surface area contributed by atoms with E-state index in [2.05, 4.69) is 15.2 Å². The molecule has 1 aliphatic heterocycles. The Labute approximate surface area is 153 Å². The standard InChI is InChI=1S/C19H25N5O2/c20-17(25)13-24-10-8-21-19(24)16-7-4-9-23(12-16)14-18(26)22-11-15-5-2-1-3-6-15/h1-3,5-6,8,10,16H,4,7,9,11-14H2,(H2,20,25)(H,22,26)/t16-/m0/s1. The number of imidazole rings is 1. The van der Waals surface area contributed by atoms with Crippen LogP contribution in [0.15, 0.2) is 42.7 Å². The molecule has 2 amide bonds. The summed E-state index contributed by atoms with van der Waals surface area (Å²) >= 11 is 0. The molecule has 0 aliphatic carbocycles. The van der Waals surface area contributed by atoms with E-state index in [0.29, 0.717) is 13.1 Å². The number of amides is 2. The summed E-state index contributed by atoms with van der Waals surface area (Å²) in [5, 5.41) is 2.97. The Bertz CT molecular complexity index is 743. The van der Waals surface area contributed by atoms with Crippen LogP contribution in [0.4, 0.5) is 0 Å². The smallest absolute Gasteiger partial charge is 0.237 e. The Balaban J connectivity index is 1.53. The lowest BCUT2D eigenvalue weighted by Gasteiger charge is -2.32. The highest BCUT2D eigenvalue weighted by molar-refractivity contribution is 5.78. The minimum Gasteiger partial charge on any atom is -0.368 e. The first-order valence-electron chi connectivity index (χ1n) is 8.94. The lowest BCUT2D eigenvalue weighted by molar-refractivity contribution is -0.122. The van der Waals surface area contributed by atoms with E-state index >= 15 is 0 Å². The fourth-order valence-corrected chi connectivity index (χ4v) is 3.45. The van der Waals surface area contributed by atoms with Crippen LogP contribution >= 0.6 is 0 Å². The molecule has 2 heterocycles. The number of nitrogens with zero attached hydrogens (tertiary/aromatic N) is 3.